The van der Waals surface area contributed by atoms with Crippen molar-refractivity contribution in [1.29, 1.82) is 0 Å². The molecule has 0 heterocycles. The Balaban J connectivity index is 4.83. The van der Waals surface area contributed by atoms with E-state index in [1.807, 2.05) is 0 Å². The van der Waals surface area contributed by atoms with Gasteiger partial charge in [-0.3, -0.25) is 4.57 Å². The van der Waals surface area contributed by atoms with Crippen molar-refractivity contribution in [2.24, 2.45) is 0 Å². The number of rotatable bonds is 12. The smallest absolute Gasteiger partial charge is 0.368 e. The Morgan fingerprint density at radius 3 is 1.96 bits per heavy atom. The van der Waals surface area contributed by atoms with E-state index < -0.39 is 13.6 Å². The quantitative estimate of drug-likeness (QED) is 0.210. The van der Waals surface area contributed by atoms with Crippen molar-refractivity contribution in [2.45, 2.75) is 60.3 Å². The van der Waals surface area contributed by atoms with Gasteiger partial charge in [0.05, 0.1) is 13.2 Å². The molecule has 0 aliphatic rings. The lowest BCUT2D eigenvalue weighted by Crippen LogP contribution is -2.07. The van der Waals surface area contributed by atoms with Crippen LogP contribution in [0.4, 0.5) is 0 Å². The van der Waals surface area contributed by atoms with Crippen LogP contribution < -0.4 is 0 Å². The average molecular weight is 358 g/mol. The second kappa shape index (κ2) is 12.2. The van der Waals surface area contributed by atoms with Crippen LogP contribution >= 0.6 is 7.60 Å². The number of carbonyl (C=O) groups is 1. The minimum absolute atomic E-state index is 0.130. The lowest BCUT2D eigenvalue weighted by molar-refractivity contribution is -0.132. The summed E-state index contributed by atoms with van der Waals surface area (Å²) in [6, 6.07) is 0. The Labute approximate surface area is 146 Å². The lowest BCUT2D eigenvalue weighted by Gasteiger charge is -2.17. The molecule has 0 aliphatic heterocycles. The molecular formula is C18H31O5P. The summed E-state index contributed by atoms with van der Waals surface area (Å²) in [4.78, 5) is 11.4. The predicted molar refractivity (Wildman–Crippen MR) is 98.2 cm³/mol. The molecule has 0 aromatic heterocycles. The maximum atomic E-state index is 12.6. The third-order valence-corrected chi connectivity index (χ3v) is 5.36. The Morgan fingerprint density at radius 1 is 0.958 bits per heavy atom. The molecule has 138 valence electrons. The molecule has 0 aromatic rings. The summed E-state index contributed by atoms with van der Waals surface area (Å²) in [5.41, 5.74) is 2.56. The second-order valence-corrected chi connectivity index (χ2v) is 7.67. The molecule has 0 saturated heterocycles. The fraction of sp³-hybridized carbons (Fsp3) is 0.611. The van der Waals surface area contributed by atoms with E-state index >= 15 is 0 Å². The summed E-state index contributed by atoms with van der Waals surface area (Å²) < 4.78 is 22.8. The maximum absolute atomic E-state index is 12.6. The Kier molecular flexibility index (Phi) is 11.6. The molecule has 0 aromatic carbocycles. The minimum atomic E-state index is -3.75. The molecule has 0 unspecified atom stereocenters. The first-order valence-electron chi connectivity index (χ1n) is 8.38. The second-order valence-electron chi connectivity index (χ2n) is 5.68. The largest absolute Gasteiger partial charge is 0.477 e. The minimum Gasteiger partial charge on any atom is -0.477 e. The van der Waals surface area contributed by atoms with Crippen molar-refractivity contribution in [3.05, 3.63) is 34.7 Å². The zero-order valence-corrected chi connectivity index (χ0v) is 16.4. The molecule has 0 fully saturated rings. The molecule has 0 rings (SSSR count). The molecule has 5 nitrogen and oxygen atoms in total. The van der Waals surface area contributed by atoms with Crippen molar-refractivity contribution in [3.8, 4) is 0 Å². The number of allylic oxidation sites excluding steroid dienone is 5. The zero-order chi connectivity index (χ0) is 18.6. The highest BCUT2D eigenvalue weighted by atomic mass is 31.2. The van der Waals surface area contributed by atoms with Gasteiger partial charge < -0.3 is 14.2 Å². The SMILES string of the molecule is CCOP(=O)(OCC)C(=CCCC=C(C)CCC=C(C)C)C(=O)O. The van der Waals surface area contributed by atoms with Gasteiger partial charge >= 0.3 is 13.6 Å². The zero-order valence-electron chi connectivity index (χ0n) is 15.5. The monoisotopic (exact) mass is 358 g/mol. The summed E-state index contributed by atoms with van der Waals surface area (Å²) in [6.07, 6.45) is 8.89. The number of carboxylic acids is 1. The van der Waals surface area contributed by atoms with E-state index in [0.717, 1.165) is 12.8 Å². The fourth-order valence-corrected chi connectivity index (χ4v) is 3.69. The number of hydrogen-bond donors (Lipinski definition) is 1. The maximum Gasteiger partial charge on any atom is 0.368 e. The molecule has 24 heavy (non-hydrogen) atoms. The third kappa shape index (κ3) is 9.21. The molecule has 0 amide bonds. The molecule has 1 N–H and O–H groups in total. The van der Waals surface area contributed by atoms with E-state index in [-0.39, 0.29) is 18.5 Å². The van der Waals surface area contributed by atoms with E-state index in [1.54, 1.807) is 13.8 Å². The van der Waals surface area contributed by atoms with Gasteiger partial charge in [-0.05, 0) is 60.3 Å². The molecule has 0 atom stereocenters. The standard InChI is InChI=1S/C18H31O5P/c1-6-22-24(21,23-7-2)17(18(19)20)14-9-8-12-16(5)13-10-11-15(3)4/h11-12,14H,6-10,13H2,1-5H3,(H,19,20). The molecule has 0 saturated carbocycles. The predicted octanol–water partition coefficient (Wildman–Crippen LogP) is 5.69. The first-order valence-corrected chi connectivity index (χ1v) is 9.93. The van der Waals surface area contributed by atoms with E-state index in [2.05, 4.69) is 32.9 Å². The van der Waals surface area contributed by atoms with Gasteiger partial charge in [-0.1, -0.05) is 29.4 Å². The van der Waals surface area contributed by atoms with Gasteiger partial charge in [0.25, 0.3) is 0 Å². The van der Waals surface area contributed by atoms with Crippen LogP contribution in [0.15, 0.2) is 34.7 Å². The highest BCUT2D eigenvalue weighted by Crippen LogP contribution is 2.56. The van der Waals surface area contributed by atoms with Gasteiger partial charge in [0.15, 0.2) is 0 Å². The lowest BCUT2D eigenvalue weighted by atomic mass is 10.1. The summed E-state index contributed by atoms with van der Waals surface area (Å²) >= 11 is 0. The van der Waals surface area contributed by atoms with Gasteiger partial charge in [-0.25, -0.2) is 4.79 Å². The van der Waals surface area contributed by atoms with Crippen LogP contribution in [0.2, 0.25) is 0 Å². The molecule has 0 spiro atoms. The van der Waals surface area contributed by atoms with E-state index in [4.69, 9.17) is 9.05 Å². The number of hydrogen-bond acceptors (Lipinski definition) is 4. The summed E-state index contributed by atoms with van der Waals surface area (Å²) in [5, 5.41) is 9.04. The number of carboxylic acid groups (broad SMARTS) is 1. The first-order chi connectivity index (χ1) is 11.3. The van der Waals surface area contributed by atoms with Crippen LogP contribution in [0, 0.1) is 0 Å². The average Bonchev–Trinajstić information content (AvgIpc) is 2.46. The van der Waals surface area contributed by atoms with Crippen LogP contribution in [0.1, 0.15) is 60.3 Å². The van der Waals surface area contributed by atoms with E-state index in [1.165, 1.54) is 17.2 Å². The highest BCUT2D eigenvalue weighted by molar-refractivity contribution is 7.59. The summed E-state index contributed by atoms with van der Waals surface area (Å²) in [6.45, 7) is 9.79. The van der Waals surface area contributed by atoms with Crippen LogP contribution in [0.5, 0.6) is 0 Å². The van der Waals surface area contributed by atoms with Gasteiger partial charge in [0, 0.05) is 0 Å². The topological polar surface area (TPSA) is 72.8 Å². The van der Waals surface area contributed by atoms with Crippen LogP contribution in [-0.2, 0) is 18.4 Å². The molecule has 6 heteroatoms. The van der Waals surface area contributed by atoms with Crippen molar-refractivity contribution in [1.82, 2.24) is 0 Å². The third-order valence-electron chi connectivity index (χ3n) is 3.20. The van der Waals surface area contributed by atoms with Crippen LogP contribution in [0.25, 0.3) is 0 Å². The number of aliphatic carboxylic acids is 1. The molecular weight excluding hydrogens is 327 g/mol. The van der Waals surface area contributed by atoms with Crippen molar-refractivity contribution in [3.63, 3.8) is 0 Å². The van der Waals surface area contributed by atoms with Gasteiger partial charge in [-0.15, -0.1) is 0 Å². The van der Waals surface area contributed by atoms with E-state index in [0.29, 0.717) is 12.8 Å². The van der Waals surface area contributed by atoms with Gasteiger partial charge in [0.1, 0.15) is 5.31 Å². The van der Waals surface area contributed by atoms with E-state index in [9.17, 15) is 14.5 Å². The van der Waals surface area contributed by atoms with Crippen molar-refractivity contribution < 1.29 is 23.5 Å². The van der Waals surface area contributed by atoms with Crippen molar-refractivity contribution in [2.75, 3.05) is 13.2 Å². The van der Waals surface area contributed by atoms with Crippen molar-refractivity contribution >= 4 is 13.6 Å². The summed E-state index contributed by atoms with van der Waals surface area (Å²) in [7, 11) is -3.75. The Bertz CT molecular complexity index is 518. The molecule has 0 aliphatic carbocycles. The highest BCUT2D eigenvalue weighted by Gasteiger charge is 2.34. The summed E-state index contributed by atoms with van der Waals surface area (Å²) in [5.74, 6) is -1.26. The molecule has 0 radical (unpaired) electrons. The normalized spacial score (nSPS) is 13.0. The Morgan fingerprint density at radius 2 is 1.50 bits per heavy atom. The van der Waals surface area contributed by atoms with Gasteiger partial charge in [0.2, 0.25) is 0 Å². The van der Waals surface area contributed by atoms with Crippen LogP contribution in [0.3, 0.4) is 0 Å². The first kappa shape index (κ1) is 22.8. The molecule has 0 bridgehead atoms. The Hall–Kier alpha value is -1.16. The van der Waals surface area contributed by atoms with Gasteiger partial charge in [-0.2, -0.15) is 0 Å². The van der Waals surface area contributed by atoms with Crippen LogP contribution in [-0.4, -0.2) is 24.3 Å². The number of unbranched alkanes of at least 4 members (excludes halogenated alkanes) is 1. The fourth-order valence-electron chi connectivity index (χ4n) is 2.07.